The van der Waals surface area contributed by atoms with Crippen molar-refractivity contribution >= 4 is 0 Å². The molecule has 1 aromatic rings. The SMILES string of the molecule is CCNC1C(CN(C)Cc2ccccc2F)CCC1(C)C. The number of benzene rings is 1. The molecule has 1 aromatic carbocycles. The van der Waals surface area contributed by atoms with Gasteiger partial charge < -0.3 is 10.2 Å². The van der Waals surface area contributed by atoms with Gasteiger partial charge in [0.15, 0.2) is 0 Å². The molecule has 0 spiro atoms. The summed E-state index contributed by atoms with van der Waals surface area (Å²) in [5, 5.41) is 3.66. The molecule has 2 rings (SSSR count). The molecule has 0 aliphatic heterocycles. The van der Waals surface area contributed by atoms with E-state index in [1.807, 2.05) is 12.1 Å². The summed E-state index contributed by atoms with van der Waals surface area (Å²) in [6, 6.07) is 7.65. The van der Waals surface area contributed by atoms with Gasteiger partial charge in [0.1, 0.15) is 5.82 Å². The highest BCUT2D eigenvalue weighted by Crippen LogP contribution is 2.41. The lowest BCUT2D eigenvalue weighted by Gasteiger charge is -2.33. The molecule has 2 unspecified atom stereocenters. The van der Waals surface area contributed by atoms with Crippen LogP contribution in [0.3, 0.4) is 0 Å². The number of rotatable bonds is 6. The molecular formula is C18H29FN2. The molecule has 118 valence electrons. The Morgan fingerprint density at radius 1 is 1.33 bits per heavy atom. The third kappa shape index (κ3) is 4.04. The Kier molecular flexibility index (Phi) is 5.39. The van der Waals surface area contributed by atoms with Gasteiger partial charge in [0.2, 0.25) is 0 Å². The van der Waals surface area contributed by atoms with Crippen molar-refractivity contribution in [3.8, 4) is 0 Å². The molecule has 1 N–H and O–H groups in total. The number of hydrogen-bond donors (Lipinski definition) is 1. The first-order valence-electron chi connectivity index (χ1n) is 8.09. The van der Waals surface area contributed by atoms with E-state index >= 15 is 0 Å². The largest absolute Gasteiger partial charge is 0.313 e. The summed E-state index contributed by atoms with van der Waals surface area (Å²) < 4.78 is 13.7. The van der Waals surface area contributed by atoms with E-state index in [1.165, 1.54) is 12.8 Å². The minimum Gasteiger partial charge on any atom is -0.313 e. The molecule has 1 aliphatic carbocycles. The van der Waals surface area contributed by atoms with Gasteiger partial charge >= 0.3 is 0 Å². The van der Waals surface area contributed by atoms with Gasteiger partial charge in [-0.05, 0) is 43.8 Å². The van der Waals surface area contributed by atoms with Gasteiger partial charge in [-0.1, -0.05) is 39.0 Å². The van der Waals surface area contributed by atoms with Crippen LogP contribution in [-0.2, 0) is 6.54 Å². The zero-order valence-corrected chi connectivity index (χ0v) is 13.8. The van der Waals surface area contributed by atoms with Crippen LogP contribution in [0, 0.1) is 17.2 Å². The summed E-state index contributed by atoms with van der Waals surface area (Å²) in [5.41, 5.74) is 1.15. The summed E-state index contributed by atoms with van der Waals surface area (Å²) in [6.45, 7) is 9.61. The van der Waals surface area contributed by atoms with E-state index in [4.69, 9.17) is 0 Å². The minimum atomic E-state index is -0.0978. The highest BCUT2D eigenvalue weighted by molar-refractivity contribution is 5.17. The average Bonchev–Trinajstić information content (AvgIpc) is 2.69. The zero-order chi connectivity index (χ0) is 15.5. The average molecular weight is 292 g/mol. The molecule has 1 fully saturated rings. The van der Waals surface area contributed by atoms with Gasteiger partial charge in [0.25, 0.3) is 0 Å². The lowest BCUT2D eigenvalue weighted by atomic mass is 9.84. The molecular weight excluding hydrogens is 263 g/mol. The maximum Gasteiger partial charge on any atom is 0.127 e. The minimum absolute atomic E-state index is 0.0978. The second kappa shape index (κ2) is 6.89. The topological polar surface area (TPSA) is 15.3 Å². The zero-order valence-electron chi connectivity index (χ0n) is 13.8. The molecule has 3 heteroatoms. The normalized spacial score (nSPS) is 24.7. The van der Waals surface area contributed by atoms with Crippen molar-refractivity contribution in [3.63, 3.8) is 0 Å². The first-order chi connectivity index (χ1) is 9.94. The van der Waals surface area contributed by atoms with Crippen LogP contribution in [0.15, 0.2) is 24.3 Å². The Labute approximate surface area is 128 Å². The fourth-order valence-corrected chi connectivity index (χ4v) is 3.76. The molecule has 0 aromatic heterocycles. The van der Waals surface area contributed by atoms with Crippen LogP contribution in [0.2, 0.25) is 0 Å². The van der Waals surface area contributed by atoms with Crippen LogP contribution in [0.25, 0.3) is 0 Å². The quantitative estimate of drug-likeness (QED) is 0.860. The van der Waals surface area contributed by atoms with Crippen LogP contribution >= 0.6 is 0 Å². The highest BCUT2D eigenvalue weighted by atomic mass is 19.1. The van der Waals surface area contributed by atoms with Crippen molar-refractivity contribution in [2.24, 2.45) is 11.3 Å². The molecule has 0 bridgehead atoms. The van der Waals surface area contributed by atoms with Crippen molar-refractivity contribution < 1.29 is 4.39 Å². The standard InChI is InChI=1S/C18H29FN2/c1-5-20-17-15(10-11-18(17,2)3)13-21(4)12-14-8-6-7-9-16(14)19/h6-9,15,17,20H,5,10-13H2,1-4H3. The summed E-state index contributed by atoms with van der Waals surface area (Å²) in [7, 11) is 2.10. The van der Waals surface area contributed by atoms with E-state index in [1.54, 1.807) is 12.1 Å². The maximum absolute atomic E-state index is 13.7. The van der Waals surface area contributed by atoms with Crippen molar-refractivity contribution in [1.82, 2.24) is 10.2 Å². The smallest absolute Gasteiger partial charge is 0.127 e. The van der Waals surface area contributed by atoms with E-state index in [-0.39, 0.29) is 5.82 Å². The lowest BCUT2D eigenvalue weighted by Crippen LogP contribution is -2.45. The summed E-state index contributed by atoms with van der Waals surface area (Å²) in [6.07, 6.45) is 2.52. The second-order valence-electron chi connectivity index (χ2n) is 7.11. The fourth-order valence-electron chi connectivity index (χ4n) is 3.76. The third-order valence-corrected chi connectivity index (χ3v) is 4.84. The fraction of sp³-hybridized carbons (Fsp3) is 0.667. The molecule has 0 amide bonds. The Hall–Kier alpha value is -0.930. The van der Waals surface area contributed by atoms with Crippen molar-refractivity contribution in [3.05, 3.63) is 35.6 Å². The third-order valence-electron chi connectivity index (χ3n) is 4.84. The number of hydrogen-bond acceptors (Lipinski definition) is 2. The van der Waals surface area contributed by atoms with Crippen LogP contribution in [0.5, 0.6) is 0 Å². The molecule has 2 atom stereocenters. The number of nitrogens with one attached hydrogen (secondary N) is 1. The van der Waals surface area contributed by atoms with E-state index < -0.39 is 0 Å². The Morgan fingerprint density at radius 3 is 2.71 bits per heavy atom. The van der Waals surface area contributed by atoms with E-state index in [0.29, 0.717) is 23.9 Å². The lowest BCUT2D eigenvalue weighted by molar-refractivity contribution is 0.201. The first-order valence-corrected chi connectivity index (χ1v) is 8.09. The molecule has 1 aliphatic rings. The van der Waals surface area contributed by atoms with Gasteiger partial charge in [-0.2, -0.15) is 0 Å². The molecule has 21 heavy (non-hydrogen) atoms. The second-order valence-corrected chi connectivity index (χ2v) is 7.11. The van der Waals surface area contributed by atoms with Crippen molar-refractivity contribution in [1.29, 1.82) is 0 Å². The summed E-state index contributed by atoms with van der Waals surface area (Å²) in [4.78, 5) is 2.26. The van der Waals surface area contributed by atoms with Gasteiger partial charge in [0, 0.05) is 24.7 Å². The van der Waals surface area contributed by atoms with E-state index in [9.17, 15) is 4.39 Å². The Balaban J connectivity index is 1.96. The highest BCUT2D eigenvalue weighted by Gasteiger charge is 2.41. The number of nitrogens with zero attached hydrogens (tertiary/aromatic N) is 1. The van der Waals surface area contributed by atoms with Gasteiger partial charge in [-0.15, -0.1) is 0 Å². The monoisotopic (exact) mass is 292 g/mol. The molecule has 1 saturated carbocycles. The van der Waals surface area contributed by atoms with Crippen molar-refractivity contribution in [2.75, 3.05) is 20.1 Å². The van der Waals surface area contributed by atoms with Crippen LogP contribution in [0.4, 0.5) is 4.39 Å². The Bertz CT molecular complexity index is 458. The van der Waals surface area contributed by atoms with E-state index in [0.717, 1.165) is 18.7 Å². The predicted octanol–water partition coefficient (Wildman–Crippen LogP) is 3.67. The van der Waals surface area contributed by atoms with E-state index in [2.05, 4.69) is 38.0 Å². The van der Waals surface area contributed by atoms with Crippen molar-refractivity contribution in [2.45, 2.75) is 46.2 Å². The van der Waals surface area contributed by atoms with Crippen LogP contribution < -0.4 is 5.32 Å². The molecule has 2 nitrogen and oxygen atoms in total. The van der Waals surface area contributed by atoms with Gasteiger partial charge in [0.05, 0.1) is 0 Å². The van der Waals surface area contributed by atoms with Crippen LogP contribution in [-0.4, -0.2) is 31.1 Å². The molecule has 0 heterocycles. The summed E-state index contributed by atoms with van der Waals surface area (Å²) >= 11 is 0. The van der Waals surface area contributed by atoms with Gasteiger partial charge in [-0.25, -0.2) is 4.39 Å². The first kappa shape index (κ1) is 16.4. The maximum atomic E-state index is 13.7. The van der Waals surface area contributed by atoms with Crippen LogP contribution in [0.1, 0.15) is 39.2 Å². The molecule has 0 radical (unpaired) electrons. The van der Waals surface area contributed by atoms with Gasteiger partial charge in [-0.3, -0.25) is 0 Å². The molecule has 0 saturated heterocycles. The summed E-state index contributed by atoms with van der Waals surface area (Å²) in [5.74, 6) is 0.552. The number of halogens is 1. The Morgan fingerprint density at radius 2 is 2.05 bits per heavy atom. The predicted molar refractivity (Wildman–Crippen MR) is 86.7 cm³/mol.